The Hall–Kier alpha value is -3.54. The number of hydrogen-bond acceptors (Lipinski definition) is 5. The molecule has 6 heteroatoms. The van der Waals surface area contributed by atoms with Gasteiger partial charge in [0.25, 0.3) is 5.69 Å². The number of benzene rings is 3. The molecule has 0 saturated carbocycles. The minimum Gasteiger partial charge on any atom is -0.467 e. The largest absolute Gasteiger partial charge is 0.467 e. The van der Waals surface area contributed by atoms with E-state index < -0.39 is 5.72 Å². The third-order valence-corrected chi connectivity index (χ3v) is 8.00. The van der Waals surface area contributed by atoms with Gasteiger partial charge in [0.2, 0.25) is 0 Å². The lowest BCUT2D eigenvalue weighted by atomic mass is 9.74. The van der Waals surface area contributed by atoms with E-state index in [-0.39, 0.29) is 28.0 Å². The molecule has 3 unspecified atom stereocenters. The van der Waals surface area contributed by atoms with Crippen molar-refractivity contribution in [2.75, 3.05) is 23.9 Å². The van der Waals surface area contributed by atoms with Gasteiger partial charge >= 0.3 is 0 Å². The molecule has 3 heterocycles. The quantitative estimate of drug-likeness (QED) is 0.381. The molecule has 0 radical (unpaired) electrons. The number of rotatable bonds is 3. The fourth-order valence-electron chi connectivity index (χ4n) is 6.29. The van der Waals surface area contributed by atoms with Crippen molar-refractivity contribution in [2.45, 2.75) is 43.4 Å². The lowest BCUT2D eigenvalue weighted by Gasteiger charge is -2.48. The summed E-state index contributed by atoms with van der Waals surface area (Å²) >= 11 is 0. The molecule has 3 aromatic carbocycles. The number of para-hydroxylation sites is 1. The molecule has 3 aliphatic heterocycles. The van der Waals surface area contributed by atoms with E-state index in [2.05, 4.69) is 72.2 Å². The van der Waals surface area contributed by atoms with Crippen molar-refractivity contribution < 1.29 is 9.66 Å². The molecular formula is C27H27N3O3. The zero-order valence-corrected chi connectivity index (χ0v) is 19.3. The standard InChI is InChI=1S/C27H27N3O3/c1-26(2)22-7-5-6-8-23(22)29-25-20-15-19(30(31)32)13-14-24(20)33-27(26,29)16-21(25)17-9-11-18(12-10-17)28(3)4/h5-15,21,25H,16H2,1-4H3. The van der Waals surface area contributed by atoms with E-state index in [0.29, 0.717) is 0 Å². The first-order chi connectivity index (χ1) is 15.7. The van der Waals surface area contributed by atoms with Gasteiger partial charge in [-0.1, -0.05) is 30.3 Å². The molecule has 2 bridgehead atoms. The van der Waals surface area contributed by atoms with Crippen LogP contribution >= 0.6 is 0 Å². The number of hydrogen-bond donors (Lipinski definition) is 0. The highest BCUT2D eigenvalue weighted by Crippen LogP contribution is 2.68. The first-order valence-electron chi connectivity index (χ1n) is 11.4. The van der Waals surface area contributed by atoms with Gasteiger partial charge in [-0.15, -0.1) is 0 Å². The second kappa shape index (κ2) is 6.50. The molecule has 1 saturated heterocycles. The average Bonchev–Trinajstić information content (AvgIpc) is 3.17. The fraction of sp³-hybridized carbons (Fsp3) is 0.333. The predicted octanol–water partition coefficient (Wildman–Crippen LogP) is 5.78. The molecule has 6 rings (SSSR count). The van der Waals surface area contributed by atoms with Crippen molar-refractivity contribution in [2.24, 2.45) is 0 Å². The second-order valence-corrected chi connectivity index (χ2v) is 10.1. The lowest BCUT2D eigenvalue weighted by molar-refractivity contribution is -0.385. The van der Waals surface area contributed by atoms with Gasteiger partial charge in [-0.3, -0.25) is 10.1 Å². The van der Waals surface area contributed by atoms with E-state index in [1.165, 1.54) is 11.1 Å². The van der Waals surface area contributed by atoms with Crippen LogP contribution in [-0.2, 0) is 5.41 Å². The molecule has 3 aromatic rings. The van der Waals surface area contributed by atoms with Crippen LogP contribution in [0.25, 0.3) is 0 Å². The van der Waals surface area contributed by atoms with Crippen molar-refractivity contribution in [1.82, 2.24) is 0 Å². The average molecular weight is 442 g/mol. The normalized spacial score (nSPS) is 25.6. The molecular weight excluding hydrogens is 414 g/mol. The van der Waals surface area contributed by atoms with Crippen LogP contribution < -0.4 is 14.5 Å². The molecule has 168 valence electrons. The molecule has 0 spiro atoms. The number of nitro groups is 1. The lowest BCUT2D eigenvalue weighted by Crippen LogP contribution is -2.58. The topological polar surface area (TPSA) is 58.9 Å². The number of fused-ring (bicyclic) bond motifs is 3. The molecule has 0 aliphatic carbocycles. The maximum Gasteiger partial charge on any atom is 0.270 e. The fourth-order valence-corrected chi connectivity index (χ4v) is 6.29. The van der Waals surface area contributed by atoms with E-state index >= 15 is 0 Å². The molecule has 1 fully saturated rings. The van der Waals surface area contributed by atoms with Crippen molar-refractivity contribution in [1.29, 1.82) is 0 Å². The highest BCUT2D eigenvalue weighted by molar-refractivity contribution is 5.72. The number of anilines is 2. The van der Waals surface area contributed by atoms with E-state index in [0.717, 1.165) is 29.1 Å². The van der Waals surface area contributed by atoms with Crippen LogP contribution in [0, 0.1) is 10.1 Å². The number of ether oxygens (including phenoxy) is 1. The summed E-state index contributed by atoms with van der Waals surface area (Å²) in [5.74, 6) is 0.909. The molecule has 6 nitrogen and oxygen atoms in total. The summed E-state index contributed by atoms with van der Waals surface area (Å²) < 4.78 is 6.88. The second-order valence-electron chi connectivity index (χ2n) is 10.1. The third kappa shape index (κ3) is 2.49. The minimum atomic E-state index is -0.546. The van der Waals surface area contributed by atoms with E-state index in [1.54, 1.807) is 18.2 Å². The van der Waals surface area contributed by atoms with E-state index in [1.807, 2.05) is 14.1 Å². The highest BCUT2D eigenvalue weighted by atomic mass is 16.6. The molecule has 3 atom stereocenters. The van der Waals surface area contributed by atoms with Gasteiger partial charge in [0.05, 0.1) is 16.4 Å². The Balaban J connectivity index is 1.58. The summed E-state index contributed by atoms with van der Waals surface area (Å²) in [6.45, 7) is 4.52. The summed E-state index contributed by atoms with van der Waals surface area (Å²) in [7, 11) is 4.07. The Bertz CT molecular complexity index is 1280. The van der Waals surface area contributed by atoms with Crippen LogP contribution in [0.15, 0.2) is 66.7 Å². The van der Waals surface area contributed by atoms with Gasteiger partial charge < -0.3 is 14.5 Å². The Kier molecular flexibility index (Phi) is 3.96. The summed E-state index contributed by atoms with van der Waals surface area (Å²) in [6, 6.07) is 22.2. The van der Waals surface area contributed by atoms with Gasteiger partial charge in [-0.05, 0) is 49.2 Å². The zero-order chi connectivity index (χ0) is 23.1. The first-order valence-corrected chi connectivity index (χ1v) is 11.4. The Morgan fingerprint density at radius 2 is 1.79 bits per heavy atom. The Morgan fingerprint density at radius 3 is 2.48 bits per heavy atom. The van der Waals surface area contributed by atoms with Crippen molar-refractivity contribution in [3.8, 4) is 5.75 Å². The monoisotopic (exact) mass is 441 g/mol. The molecule has 0 aromatic heterocycles. The van der Waals surface area contributed by atoms with Gasteiger partial charge in [0.15, 0.2) is 5.72 Å². The smallest absolute Gasteiger partial charge is 0.270 e. The number of nitrogens with zero attached hydrogens (tertiary/aromatic N) is 3. The highest BCUT2D eigenvalue weighted by Gasteiger charge is 2.69. The van der Waals surface area contributed by atoms with Crippen LogP contribution in [-0.4, -0.2) is 24.7 Å². The van der Waals surface area contributed by atoms with Crippen LogP contribution in [0.2, 0.25) is 0 Å². The summed E-state index contributed by atoms with van der Waals surface area (Å²) in [5.41, 5.74) is 5.01. The van der Waals surface area contributed by atoms with Gasteiger partial charge in [0, 0.05) is 55.5 Å². The number of nitro benzene ring substituents is 1. The van der Waals surface area contributed by atoms with Gasteiger partial charge in [-0.25, -0.2) is 0 Å². The zero-order valence-electron chi connectivity index (χ0n) is 19.3. The third-order valence-electron chi connectivity index (χ3n) is 8.00. The van der Waals surface area contributed by atoms with Crippen LogP contribution in [0.1, 0.15) is 48.9 Å². The van der Waals surface area contributed by atoms with Crippen molar-refractivity contribution in [3.63, 3.8) is 0 Å². The van der Waals surface area contributed by atoms with Gasteiger partial charge in [0.1, 0.15) is 5.75 Å². The molecule has 0 N–H and O–H groups in total. The van der Waals surface area contributed by atoms with Crippen LogP contribution in [0.4, 0.5) is 17.1 Å². The Labute approximate surface area is 193 Å². The van der Waals surface area contributed by atoms with E-state index in [9.17, 15) is 10.1 Å². The van der Waals surface area contributed by atoms with Crippen LogP contribution in [0.3, 0.4) is 0 Å². The number of non-ortho nitro benzene ring substituents is 1. The predicted molar refractivity (Wildman–Crippen MR) is 129 cm³/mol. The van der Waals surface area contributed by atoms with Crippen molar-refractivity contribution in [3.05, 3.63) is 93.5 Å². The Morgan fingerprint density at radius 1 is 1.06 bits per heavy atom. The summed E-state index contributed by atoms with van der Waals surface area (Å²) in [6.07, 6.45) is 0.809. The van der Waals surface area contributed by atoms with Crippen molar-refractivity contribution >= 4 is 17.1 Å². The van der Waals surface area contributed by atoms with Crippen LogP contribution in [0.5, 0.6) is 5.75 Å². The maximum absolute atomic E-state index is 11.6. The molecule has 33 heavy (non-hydrogen) atoms. The molecule has 0 amide bonds. The van der Waals surface area contributed by atoms with E-state index in [4.69, 9.17) is 4.74 Å². The summed E-state index contributed by atoms with van der Waals surface area (Å²) in [5, 5.41) is 11.6. The summed E-state index contributed by atoms with van der Waals surface area (Å²) in [4.78, 5) is 15.8. The van der Waals surface area contributed by atoms with Gasteiger partial charge in [-0.2, -0.15) is 0 Å². The maximum atomic E-state index is 11.6. The minimum absolute atomic E-state index is 0.0400. The molecule has 3 aliphatic rings. The SMILES string of the molecule is CN(C)c1ccc(C2CC34Oc5ccc([N+](=O)[O-])cc5C2N3c2ccccc2C4(C)C)cc1. The first kappa shape index (κ1) is 20.1.